The van der Waals surface area contributed by atoms with Crippen LogP contribution in [0.5, 0.6) is 11.5 Å². The molecule has 7 nitrogen and oxygen atoms in total. The number of ether oxygens (including phenoxy) is 1. The Kier molecular flexibility index (Phi) is 8.43. The molecule has 11 heteroatoms. The number of amidine groups is 1. The van der Waals surface area contributed by atoms with Crippen molar-refractivity contribution in [2.24, 2.45) is 4.99 Å². The predicted octanol–water partition coefficient (Wildman–Crippen LogP) is 6.42. The van der Waals surface area contributed by atoms with Crippen LogP contribution in [-0.4, -0.2) is 26.1 Å². The average Bonchev–Trinajstić information content (AvgIpc) is 3.16. The minimum Gasteiger partial charge on any atom is -0.490 e. The molecule has 1 heterocycles. The van der Waals surface area contributed by atoms with E-state index >= 15 is 0 Å². The van der Waals surface area contributed by atoms with Crippen LogP contribution < -0.4 is 14.2 Å². The zero-order chi connectivity index (χ0) is 25.9. The molecule has 0 atom stereocenters. The van der Waals surface area contributed by atoms with Crippen LogP contribution in [0.15, 0.2) is 79.9 Å². The van der Waals surface area contributed by atoms with Gasteiger partial charge >= 0.3 is 10.1 Å². The van der Waals surface area contributed by atoms with Crippen LogP contribution >= 0.6 is 50.3 Å². The summed E-state index contributed by atoms with van der Waals surface area (Å²) >= 11 is 6.60. The molecule has 3 aromatic rings. The average molecular weight is 699 g/mol. The number of benzene rings is 3. The van der Waals surface area contributed by atoms with E-state index in [1.54, 1.807) is 37.3 Å². The molecule has 1 amide bonds. The summed E-state index contributed by atoms with van der Waals surface area (Å²) in [7, 11) is -4.06. The number of carbonyl (C=O) groups is 1. The number of thioether (sulfide) groups is 1. The molecule has 3 aromatic carbocycles. The first kappa shape index (κ1) is 26.7. The Balaban J connectivity index is 1.62. The maximum Gasteiger partial charge on any atom is 0.339 e. The van der Waals surface area contributed by atoms with Gasteiger partial charge in [-0.05, 0) is 108 Å². The van der Waals surface area contributed by atoms with Crippen molar-refractivity contribution in [2.45, 2.75) is 18.7 Å². The number of halogens is 2. The first-order chi connectivity index (χ1) is 17.1. The van der Waals surface area contributed by atoms with Crippen LogP contribution in [0.2, 0.25) is 0 Å². The van der Waals surface area contributed by atoms with Gasteiger partial charge in [-0.15, -0.1) is 0 Å². The van der Waals surface area contributed by atoms with E-state index in [1.807, 2.05) is 53.8 Å². The first-order valence-electron chi connectivity index (χ1n) is 10.7. The molecule has 4 rings (SSSR count). The van der Waals surface area contributed by atoms with Crippen LogP contribution in [0, 0.1) is 10.5 Å². The summed E-state index contributed by atoms with van der Waals surface area (Å²) in [4.78, 5) is 17.5. The van der Waals surface area contributed by atoms with Crippen molar-refractivity contribution in [1.29, 1.82) is 0 Å². The molecule has 1 aliphatic rings. The number of hydrogen-bond acceptors (Lipinski definition) is 7. The second-order valence-electron chi connectivity index (χ2n) is 7.57. The Morgan fingerprint density at radius 1 is 1.11 bits per heavy atom. The van der Waals surface area contributed by atoms with Gasteiger partial charge < -0.3 is 14.2 Å². The second kappa shape index (κ2) is 11.4. The molecule has 1 N–H and O–H groups in total. The third-order valence-electron chi connectivity index (χ3n) is 4.84. The van der Waals surface area contributed by atoms with Crippen LogP contribution in [0.3, 0.4) is 0 Å². The van der Waals surface area contributed by atoms with Crippen LogP contribution in [0.1, 0.15) is 18.1 Å². The van der Waals surface area contributed by atoms with Crippen molar-refractivity contribution in [3.8, 4) is 11.5 Å². The maximum absolute atomic E-state index is 12.9. The van der Waals surface area contributed by atoms with E-state index in [4.69, 9.17) is 8.92 Å². The molecule has 0 radical (unpaired) electrons. The third kappa shape index (κ3) is 6.50. The number of aliphatic imine (C=N–C) groups is 1. The van der Waals surface area contributed by atoms with E-state index in [2.05, 4.69) is 26.2 Å². The Morgan fingerprint density at radius 3 is 2.47 bits per heavy atom. The quantitative estimate of drug-likeness (QED) is 0.174. The highest BCUT2D eigenvalue weighted by Gasteiger charge is 2.25. The lowest BCUT2D eigenvalue weighted by Gasteiger charge is -2.14. The van der Waals surface area contributed by atoms with Gasteiger partial charge in [-0.1, -0.05) is 33.6 Å². The summed E-state index contributed by atoms with van der Waals surface area (Å²) < 4.78 is 38.4. The molecule has 0 saturated carbocycles. The van der Waals surface area contributed by atoms with Gasteiger partial charge in [0.1, 0.15) is 4.90 Å². The molecule has 36 heavy (non-hydrogen) atoms. The van der Waals surface area contributed by atoms with Crippen molar-refractivity contribution in [3.63, 3.8) is 0 Å². The molecule has 186 valence electrons. The third-order valence-corrected chi connectivity index (χ3v) is 8.32. The monoisotopic (exact) mass is 698 g/mol. The number of aryl methyl sites for hydroxylation is 1. The van der Waals surface area contributed by atoms with Gasteiger partial charge in [-0.25, -0.2) is 4.99 Å². The van der Waals surface area contributed by atoms with Crippen LogP contribution in [0.4, 0.5) is 5.69 Å². The Bertz CT molecular complexity index is 1470. The van der Waals surface area contributed by atoms with Gasteiger partial charge in [-0.3, -0.25) is 4.79 Å². The van der Waals surface area contributed by atoms with Crippen LogP contribution in [0.25, 0.3) is 6.08 Å². The van der Waals surface area contributed by atoms with Gasteiger partial charge in [0, 0.05) is 4.47 Å². The Morgan fingerprint density at radius 2 is 1.81 bits per heavy atom. The zero-order valence-electron chi connectivity index (χ0n) is 19.1. The molecule has 0 unspecified atom stereocenters. The molecule has 1 fully saturated rings. The summed E-state index contributed by atoms with van der Waals surface area (Å²) in [5.74, 6) is 0.0893. The summed E-state index contributed by atoms with van der Waals surface area (Å²) in [5, 5.41) is 3.23. The van der Waals surface area contributed by atoms with E-state index in [0.29, 0.717) is 31.5 Å². The summed E-state index contributed by atoms with van der Waals surface area (Å²) in [6.07, 6.45) is 1.70. The van der Waals surface area contributed by atoms with Gasteiger partial charge in [0.05, 0.1) is 20.8 Å². The lowest BCUT2D eigenvalue weighted by molar-refractivity contribution is -0.115. The smallest absolute Gasteiger partial charge is 0.339 e. The minimum atomic E-state index is -4.06. The standard InChI is InChI=1S/C25H20BrIN2O5S2/c1-3-33-21-13-16(12-20(27)23(21)34-36(31,32)19-10-4-15(2)5-11-19)14-22-24(30)29-25(35-22)28-18-8-6-17(26)7-9-18/h4-14H,3H2,1-2H3,(H,28,29,30)/b22-14+. The second-order valence-corrected chi connectivity index (χ2v) is 12.2. The normalized spacial score (nSPS) is 15.8. The fourth-order valence-corrected chi connectivity index (χ4v) is 6.09. The lowest BCUT2D eigenvalue weighted by Crippen LogP contribution is -2.19. The summed E-state index contributed by atoms with van der Waals surface area (Å²) in [5.41, 5.74) is 2.31. The first-order valence-corrected chi connectivity index (χ1v) is 14.8. The van der Waals surface area contributed by atoms with Crippen molar-refractivity contribution in [1.82, 2.24) is 5.32 Å². The molecular weight excluding hydrogens is 679 g/mol. The largest absolute Gasteiger partial charge is 0.490 e. The molecule has 0 aromatic heterocycles. The predicted molar refractivity (Wildman–Crippen MR) is 154 cm³/mol. The summed E-state index contributed by atoms with van der Waals surface area (Å²) in [6.45, 7) is 3.97. The maximum atomic E-state index is 12.9. The van der Waals surface area contributed by atoms with Crippen molar-refractivity contribution in [3.05, 3.63) is 84.7 Å². The lowest BCUT2D eigenvalue weighted by atomic mass is 10.2. The topological polar surface area (TPSA) is 94.1 Å². The highest BCUT2D eigenvalue weighted by Crippen LogP contribution is 2.38. The van der Waals surface area contributed by atoms with E-state index in [0.717, 1.165) is 10.0 Å². The highest BCUT2D eigenvalue weighted by molar-refractivity contribution is 14.1. The fourth-order valence-electron chi connectivity index (χ4n) is 3.14. The van der Waals surface area contributed by atoms with Gasteiger partial charge in [-0.2, -0.15) is 8.42 Å². The van der Waals surface area contributed by atoms with Crippen LogP contribution in [-0.2, 0) is 14.9 Å². The minimum absolute atomic E-state index is 0.0501. The molecule has 0 bridgehead atoms. The molecular formula is C25H20BrIN2O5S2. The van der Waals surface area contributed by atoms with Gasteiger partial charge in [0.15, 0.2) is 16.7 Å². The number of rotatable bonds is 7. The van der Waals surface area contributed by atoms with E-state index < -0.39 is 10.1 Å². The highest BCUT2D eigenvalue weighted by atomic mass is 127. The fraction of sp³-hybridized carbons (Fsp3) is 0.120. The number of amides is 1. The molecule has 0 aliphatic carbocycles. The van der Waals surface area contributed by atoms with Crippen molar-refractivity contribution in [2.75, 3.05) is 6.61 Å². The molecule has 1 aliphatic heterocycles. The Hall–Kier alpha value is -2.35. The van der Waals surface area contributed by atoms with Crippen molar-refractivity contribution < 1.29 is 22.1 Å². The van der Waals surface area contributed by atoms with Gasteiger partial charge in [0.25, 0.3) is 5.91 Å². The number of nitrogens with zero attached hydrogens (tertiary/aromatic N) is 1. The summed E-state index contributed by atoms with van der Waals surface area (Å²) in [6, 6.07) is 17.2. The number of nitrogens with one attached hydrogen (secondary N) is 1. The SMILES string of the molecule is CCOc1cc(/C=C2/SC(=Nc3ccc(Br)cc3)NC2=O)cc(I)c1OS(=O)(=O)c1ccc(C)cc1. The van der Waals surface area contributed by atoms with Gasteiger partial charge in [0.2, 0.25) is 0 Å². The van der Waals surface area contributed by atoms with E-state index in [1.165, 1.54) is 23.9 Å². The zero-order valence-corrected chi connectivity index (χ0v) is 24.5. The Labute approximate surface area is 235 Å². The number of hydrogen-bond donors (Lipinski definition) is 1. The van der Waals surface area contributed by atoms with Crippen molar-refractivity contribution >= 4 is 83.2 Å². The number of carbonyl (C=O) groups excluding carboxylic acids is 1. The molecule has 1 saturated heterocycles. The van der Waals surface area contributed by atoms with E-state index in [9.17, 15) is 13.2 Å². The van der Waals surface area contributed by atoms with E-state index in [-0.39, 0.29) is 22.3 Å². The molecule has 0 spiro atoms.